The highest BCUT2D eigenvalue weighted by Crippen LogP contribution is 2.65. The van der Waals surface area contributed by atoms with Crippen molar-refractivity contribution in [2.75, 3.05) is 19.8 Å². The van der Waals surface area contributed by atoms with Crippen molar-refractivity contribution >= 4 is 22.1 Å². The lowest BCUT2D eigenvalue weighted by Crippen LogP contribution is -2.57. The van der Waals surface area contributed by atoms with Gasteiger partial charge in [-0.05, 0) is 63.2 Å². The molecule has 0 aromatic heterocycles. The second-order valence-electron chi connectivity index (χ2n) is 11.4. The standard InChI is InChI=1S/C23H32F2O9S/c24-23(25,35(28,29)30)19(27)32-14-20-7-15-6-16(8-20)10-21(9-15,13-20)18(26)31-11-17-12-33-22(34-17)4-2-1-3-5-22/h15-17H,1-14H2,(H,28,29,30). The number of hydrogen-bond acceptors (Lipinski definition) is 8. The quantitative estimate of drug-likeness (QED) is 0.396. The molecule has 0 amide bonds. The number of hydrogen-bond donors (Lipinski definition) is 1. The molecule has 9 nitrogen and oxygen atoms in total. The first kappa shape index (κ1) is 25.3. The molecule has 12 heteroatoms. The summed E-state index contributed by atoms with van der Waals surface area (Å²) in [5, 5.41) is -5.04. The predicted octanol–water partition coefficient (Wildman–Crippen LogP) is 3.22. The van der Waals surface area contributed by atoms with Crippen LogP contribution in [0.5, 0.6) is 0 Å². The number of alkyl halides is 2. The van der Waals surface area contributed by atoms with Crippen molar-refractivity contribution in [1.82, 2.24) is 0 Å². The molecule has 6 fully saturated rings. The molecule has 0 aromatic rings. The normalized spacial score (nSPS) is 38.0. The Morgan fingerprint density at radius 2 is 1.69 bits per heavy atom. The molecule has 1 spiro atoms. The van der Waals surface area contributed by atoms with Gasteiger partial charge in [-0.25, -0.2) is 4.79 Å². The van der Waals surface area contributed by atoms with E-state index in [2.05, 4.69) is 0 Å². The first-order chi connectivity index (χ1) is 16.4. The van der Waals surface area contributed by atoms with Crippen LogP contribution in [-0.2, 0) is 38.7 Å². The van der Waals surface area contributed by atoms with Gasteiger partial charge in [-0.1, -0.05) is 6.42 Å². The van der Waals surface area contributed by atoms with E-state index in [0.717, 1.165) is 38.5 Å². The molecule has 4 bridgehead atoms. The summed E-state index contributed by atoms with van der Waals surface area (Å²) in [6.45, 7) is 0.0225. The third kappa shape index (κ3) is 4.59. The van der Waals surface area contributed by atoms with Gasteiger partial charge in [0, 0.05) is 18.3 Å². The Morgan fingerprint density at radius 1 is 1.03 bits per heavy atom. The van der Waals surface area contributed by atoms with Crippen molar-refractivity contribution in [3.63, 3.8) is 0 Å². The van der Waals surface area contributed by atoms with Crippen LogP contribution in [0.4, 0.5) is 8.78 Å². The Balaban J connectivity index is 1.22. The van der Waals surface area contributed by atoms with E-state index in [-0.39, 0.29) is 30.5 Å². The molecular formula is C23H32F2O9S. The minimum atomic E-state index is -5.94. The van der Waals surface area contributed by atoms with E-state index < -0.39 is 44.6 Å². The van der Waals surface area contributed by atoms with Crippen molar-refractivity contribution in [3.8, 4) is 0 Å². The maximum absolute atomic E-state index is 13.7. The molecule has 3 atom stereocenters. The van der Waals surface area contributed by atoms with Gasteiger partial charge in [0.05, 0.1) is 18.6 Å². The van der Waals surface area contributed by atoms with Crippen LogP contribution in [0.15, 0.2) is 0 Å². The predicted molar refractivity (Wildman–Crippen MR) is 115 cm³/mol. The second-order valence-corrected chi connectivity index (χ2v) is 12.9. The first-order valence-electron chi connectivity index (χ1n) is 12.4. The zero-order valence-corrected chi connectivity index (χ0v) is 20.3. The third-order valence-electron chi connectivity index (χ3n) is 8.62. The van der Waals surface area contributed by atoms with Gasteiger partial charge in [0.15, 0.2) is 5.79 Å². The Labute approximate surface area is 202 Å². The van der Waals surface area contributed by atoms with Gasteiger partial charge >= 0.3 is 27.3 Å². The molecule has 198 valence electrons. The maximum atomic E-state index is 13.7. The zero-order chi connectivity index (χ0) is 25.1. The van der Waals surface area contributed by atoms with Crippen LogP contribution in [0.25, 0.3) is 0 Å². The number of ether oxygens (including phenoxy) is 4. The number of carbonyl (C=O) groups is 2. The SMILES string of the molecule is O=C(OCC1COC2(CCCCC2)O1)C12CC3CC(CC(COC(=O)C(F)(F)S(=O)(=O)O)(C3)C1)C2. The molecule has 3 unspecified atom stereocenters. The lowest BCUT2D eigenvalue weighted by Gasteiger charge is -2.60. The van der Waals surface area contributed by atoms with Gasteiger partial charge in [-0.3, -0.25) is 9.35 Å². The summed E-state index contributed by atoms with van der Waals surface area (Å²) in [6.07, 6.45) is 8.28. The fourth-order valence-corrected chi connectivity index (χ4v) is 7.91. The van der Waals surface area contributed by atoms with E-state index in [1.165, 1.54) is 0 Å². The molecule has 1 heterocycles. The van der Waals surface area contributed by atoms with Gasteiger partial charge in [0.2, 0.25) is 0 Å². The summed E-state index contributed by atoms with van der Waals surface area (Å²) < 4.78 is 80.2. The molecule has 1 N–H and O–H groups in total. The lowest BCUT2D eigenvalue weighted by atomic mass is 9.44. The molecule has 1 saturated heterocycles. The summed E-state index contributed by atoms with van der Waals surface area (Å²) in [5.41, 5.74) is -1.49. The number of carbonyl (C=O) groups excluding carboxylic acids is 2. The highest BCUT2D eigenvalue weighted by molar-refractivity contribution is 7.87. The number of esters is 2. The Hall–Kier alpha value is -1.37. The van der Waals surface area contributed by atoms with E-state index >= 15 is 0 Å². The summed E-state index contributed by atoms with van der Waals surface area (Å²) in [5.74, 6) is -2.88. The van der Waals surface area contributed by atoms with E-state index in [1.54, 1.807) is 0 Å². The second kappa shape index (κ2) is 8.59. The van der Waals surface area contributed by atoms with Crippen molar-refractivity contribution in [2.24, 2.45) is 22.7 Å². The number of halogens is 2. The molecule has 35 heavy (non-hydrogen) atoms. The maximum Gasteiger partial charge on any atom is 0.465 e. The first-order valence-corrected chi connectivity index (χ1v) is 13.8. The van der Waals surface area contributed by atoms with Gasteiger partial charge < -0.3 is 18.9 Å². The smallest absolute Gasteiger partial charge is 0.462 e. The summed E-state index contributed by atoms with van der Waals surface area (Å²) >= 11 is 0. The lowest BCUT2D eigenvalue weighted by molar-refractivity contribution is -0.202. The van der Waals surface area contributed by atoms with Crippen LogP contribution in [0.2, 0.25) is 0 Å². The van der Waals surface area contributed by atoms with Crippen LogP contribution < -0.4 is 0 Å². The van der Waals surface area contributed by atoms with Crippen LogP contribution in [0.3, 0.4) is 0 Å². The fraction of sp³-hybridized carbons (Fsp3) is 0.913. The van der Waals surface area contributed by atoms with E-state index in [4.69, 9.17) is 23.5 Å². The van der Waals surface area contributed by atoms with Crippen molar-refractivity contribution < 1.29 is 50.3 Å². The molecule has 1 aliphatic heterocycles. The molecule has 0 radical (unpaired) electrons. The summed E-state index contributed by atoms with van der Waals surface area (Å²) in [4.78, 5) is 25.1. The zero-order valence-electron chi connectivity index (χ0n) is 19.5. The van der Waals surface area contributed by atoms with Gasteiger partial charge in [-0.15, -0.1) is 0 Å². The van der Waals surface area contributed by atoms with E-state index in [9.17, 15) is 26.8 Å². The van der Waals surface area contributed by atoms with Gasteiger partial charge in [0.25, 0.3) is 0 Å². The Bertz CT molecular complexity index is 961. The van der Waals surface area contributed by atoms with Crippen LogP contribution in [0.1, 0.15) is 70.6 Å². The minimum absolute atomic E-state index is 0.0836. The molecule has 5 saturated carbocycles. The van der Waals surface area contributed by atoms with E-state index in [0.29, 0.717) is 38.7 Å². The van der Waals surface area contributed by atoms with Crippen LogP contribution >= 0.6 is 0 Å². The van der Waals surface area contributed by atoms with Crippen molar-refractivity contribution in [2.45, 2.75) is 87.8 Å². The average Bonchev–Trinajstić information content (AvgIpc) is 3.16. The average molecular weight is 523 g/mol. The highest BCUT2D eigenvalue weighted by Gasteiger charge is 2.62. The fourth-order valence-electron chi connectivity index (χ4n) is 7.64. The van der Waals surface area contributed by atoms with Crippen LogP contribution in [-0.4, -0.2) is 61.9 Å². The van der Waals surface area contributed by atoms with Gasteiger partial charge in [0.1, 0.15) is 12.7 Å². The largest absolute Gasteiger partial charge is 0.465 e. The van der Waals surface area contributed by atoms with Gasteiger partial charge in [-0.2, -0.15) is 17.2 Å². The Morgan fingerprint density at radius 3 is 2.31 bits per heavy atom. The molecule has 5 aliphatic carbocycles. The third-order valence-corrected chi connectivity index (χ3v) is 9.43. The Kier molecular flexibility index (Phi) is 6.21. The number of rotatable bonds is 7. The molecule has 0 aromatic carbocycles. The summed E-state index contributed by atoms with van der Waals surface area (Å²) in [7, 11) is -5.94. The minimum Gasteiger partial charge on any atom is -0.462 e. The monoisotopic (exact) mass is 522 g/mol. The van der Waals surface area contributed by atoms with Crippen molar-refractivity contribution in [3.05, 3.63) is 0 Å². The topological polar surface area (TPSA) is 125 Å². The van der Waals surface area contributed by atoms with Crippen molar-refractivity contribution in [1.29, 1.82) is 0 Å². The summed E-state index contributed by atoms with van der Waals surface area (Å²) in [6, 6.07) is 0. The van der Waals surface area contributed by atoms with E-state index in [1.807, 2.05) is 0 Å². The van der Waals surface area contributed by atoms with Crippen LogP contribution in [0, 0.1) is 22.7 Å². The highest BCUT2D eigenvalue weighted by atomic mass is 32.2. The molecule has 6 rings (SSSR count). The molecule has 6 aliphatic rings. The molecular weight excluding hydrogens is 490 g/mol.